The second kappa shape index (κ2) is 8.19. The minimum atomic E-state index is -1.37. The van der Waals surface area contributed by atoms with Crippen LogP contribution in [0, 0.1) is 6.92 Å². The van der Waals surface area contributed by atoms with Gasteiger partial charge in [-0.2, -0.15) is 0 Å². The zero-order valence-corrected chi connectivity index (χ0v) is 17.8. The third-order valence-electron chi connectivity index (χ3n) is 5.63. The Bertz CT molecular complexity index is 990. The molecule has 0 atom stereocenters. The van der Waals surface area contributed by atoms with Crippen LogP contribution in [0.5, 0.6) is 0 Å². The first kappa shape index (κ1) is 22.3. The molecular weight excluding hydrogens is 370 g/mol. The number of carbonyl (C=O) groups excluding carboxylic acids is 1. The highest BCUT2D eigenvalue weighted by Gasteiger charge is 2.37. The van der Waals surface area contributed by atoms with Gasteiger partial charge >= 0.3 is 5.97 Å². The van der Waals surface area contributed by atoms with Crippen molar-refractivity contribution in [1.82, 2.24) is 9.97 Å². The van der Waals surface area contributed by atoms with Gasteiger partial charge in [-0.1, -0.05) is 33.8 Å². The third-order valence-corrected chi connectivity index (χ3v) is 5.63. The number of hydrogen-bond donors (Lipinski definition) is 3. The maximum Gasteiger partial charge on any atom is 0.342 e. The maximum atomic E-state index is 10.8. The van der Waals surface area contributed by atoms with E-state index >= 15 is 0 Å². The van der Waals surface area contributed by atoms with Crippen molar-refractivity contribution in [1.29, 1.82) is 0 Å². The number of H-pyrrole nitrogens is 1. The lowest BCUT2D eigenvalue weighted by Gasteiger charge is -2.42. The van der Waals surface area contributed by atoms with Crippen molar-refractivity contribution >= 4 is 17.9 Å². The van der Waals surface area contributed by atoms with E-state index < -0.39 is 17.1 Å². The summed E-state index contributed by atoms with van der Waals surface area (Å²) in [5.74, 6) is -1.56. The number of nitrogens with one attached hydrogen (secondary N) is 2. The normalized spacial score (nSPS) is 16.1. The van der Waals surface area contributed by atoms with Gasteiger partial charge in [0.2, 0.25) is 0 Å². The number of carbonyl (C=O) groups is 2. The van der Waals surface area contributed by atoms with Crippen LogP contribution >= 0.6 is 0 Å². The number of nitrogens with zero attached hydrogens (tertiary/aromatic N) is 1. The molecule has 0 amide bonds. The Hall–Kier alpha value is -2.96. The van der Waals surface area contributed by atoms with Gasteiger partial charge in [0, 0.05) is 18.9 Å². The largest absolute Gasteiger partial charge is 0.477 e. The lowest BCUT2D eigenvalue weighted by molar-refractivity contribution is 0.0694. The van der Waals surface area contributed by atoms with Crippen LogP contribution in [0.2, 0.25) is 0 Å². The minimum absolute atomic E-state index is 0.190. The van der Waals surface area contributed by atoms with Gasteiger partial charge in [-0.25, -0.2) is 9.78 Å². The highest BCUT2D eigenvalue weighted by atomic mass is 16.4. The number of fused-ring (bicyclic) bond motifs is 1. The second-order valence-electron chi connectivity index (χ2n) is 8.66. The van der Waals surface area contributed by atoms with E-state index in [0.29, 0.717) is 17.1 Å². The number of aromatic amines is 1. The van der Waals surface area contributed by atoms with Crippen molar-refractivity contribution in [2.24, 2.45) is 0 Å². The monoisotopic (exact) mass is 399 g/mol. The molecule has 29 heavy (non-hydrogen) atoms. The number of benzene rings is 1. The van der Waals surface area contributed by atoms with E-state index in [0.717, 1.165) is 6.20 Å². The number of rotatable bonds is 3. The summed E-state index contributed by atoms with van der Waals surface area (Å²) >= 11 is 0. The van der Waals surface area contributed by atoms with E-state index in [-0.39, 0.29) is 5.82 Å². The first-order valence-electron chi connectivity index (χ1n) is 9.54. The fourth-order valence-electron chi connectivity index (χ4n) is 3.61. The molecule has 1 aliphatic carbocycles. The van der Waals surface area contributed by atoms with Crippen molar-refractivity contribution < 1.29 is 14.7 Å². The molecule has 2 aromatic rings. The van der Waals surface area contributed by atoms with Crippen LogP contribution in [-0.2, 0) is 10.8 Å². The molecule has 156 valence electrons. The number of aromatic nitrogens is 2. The zero-order chi connectivity index (χ0) is 22.0. The Labute approximate surface area is 170 Å². The number of aryl methyl sites for hydroxylation is 1. The average Bonchev–Trinajstić information content (AvgIpc) is 2.65. The predicted octanol–water partition coefficient (Wildman–Crippen LogP) is 3.67. The smallest absolute Gasteiger partial charge is 0.342 e. The molecule has 1 aliphatic rings. The molecule has 3 N–H and O–H groups in total. The van der Waals surface area contributed by atoms with Gasteiger partial charge in [0.05, 0.1) is 0 Å². The van der Waals surface area contributed by atoms with Crippen LogP contribution in [0.4, 0.5) is 5.69 Å². The SMILES string of the molecule is CNc1cc2c(cc1C)C(C)(C)CCC2(C)C.O=Cc1ncc(C(=O)O)c(=O)[nH]1. The van der Waals surface area contributed by atoms with Crippen LogP contribution in [0.15, 0.2) is 23.1 Å². The predicted molar refractivity (Wildman–Crippen MR) is 113 cm³/mol. The molecule has 1 heterocycles. The number of aromatic carboxylic acids is 1. The molecule has 0 bridgehead atoms. The fraction of sp³-hybridized carbons (Fsp3) is 0.455. The van der Waals surface area contributed by atoms with E-state index in [9.17, 15) is 14.4 Å². The van der Waals surface area contributed by atoms with E-state index in [1.807, 2.05) is 12.0 Å². The van der Waals surface area contributed by atoms with Crippen molar-refractivity contribution in [3.8, 4) is 0 Å². The standard InChI is InChI=1S/C16H25N.C6H4N2O4/c1-11-9-12-13(10-14(11)17-6)16(4,5)8-7-15(12,2)3;9-2-4-7-1-3(6(11)12)5(10)8-4/h9-10,17H,7-8H2,1-6H3;1-2H,(H,11,12)(H,7,8,10). The summed E-state index contributed by atoms with van der Waals surface area (Å²) in [5, 5.41) is 11.7. The number of hydrogen-bond acceptors (Lipinski definition) is 5. The minimum Gasteiger partial charge on any atom is -0.477 e. The second-order valence-corrected chi connectivity index (χ2v) is 8.66. The van der Waals surface area contributed by atoms with Crippen molar-refractivity contribution in [3.63, 3.8) is 0 Å². The third kappa shape index (κ3) is 4.72. The summed E-state index contributed by atoms with van der Waals surface area (Å²) in [6.07, 6.45) is 3.72. The molecule has 1 aromatic heterocycles. The fourth-order valence-corrected chi connectivity index (χ4v) is 3.61. The molecule has 7 nitrogen and oxygen atoms in total. The highest BCUT2D eigenvalue weighted by Crippen LogP contribution is 2.47. The van der Waals surface area contributed by atoms with Crippen LogP contribution in [-0.4, -0.2) is 34.4 Å². The van der Waals surface area contributed by atoms with E-state index in [1.54, 1.807) is 5.56 Å². The molecule has 0 spiro atoms. The first-order valence-corrected chi connectivity index (χ1v) is 9.54. The molecule has 7 heteroatoms. The Morgan fingerprint density at radius 1 is 1.17 bits per heavy atom. The van der Waals surface area contributed by atoms with Gasteiger partial charge in [0.1, 0.15) is 5.56 Å². The van der Waals surface area contributed by atoms with Crippen molar-refractivity contribution in [2.45, 2.75) is 58.3 Å². The Morgan fingerprint density at radius 2 is 1.72 bits per heavy atom. The first-order chi connectivity index (χ1) is 13.4. The molecule has 0 fully saturated rings. The molecule has 0 unspecified atom stereocenters. The van der Waals surface area contributed by atoms with Gasteiger partial charge in [-0.3, -0.25) is 9.59 Å². The van der Waals surface area contributed by atoms with Gasteiger partial charge < -0.3 is 15.4 Å². The quantitative estimate of drug-likeness (QED) is 0.679. The summed E-state index contributed by atoms with van der Waals surface area (Å²) < 4.78 is 0. The lowest BCUT2D eigenvalue weighted by atomic mass is 9.63. The highest BCUT2D eigenvalue weighted by molar-refractivity contribution is 5.86. The number of aldehydes is 1. The topological polar surface area (TPSA) is 112 Å². The Kier molecular flexibility index (Phi) is 6.30. The van der Waals surface area contributed by atoms with Gasteiger partial charge in [-0.15, -0.1) is 0 Å². The zero-order valence-electron chi connectivity index (χ0n) is 17.8. The molecule has 0 aliphatic heterocycles. The maximum absolute atomic E-state index is 10.8. The lowest BCUT2D eigenvalue weighted by Crippen LogP contribution is -2.34. The summed E-state index contributed by atoms with van der Waals surface area (Å²) in [6, 6.07) is 4.76. The molecule has 3 rings (SSSR count). The molecule has 1 aromatic carbocycles. The molecule has 0 saturated carbocycles. The summed E-state index contributed by atoms with van der Waals surface area (Å²) in [4.78, 5) is 36.5. The number of carboxylic acids is 1. The van der Waals surface area contributed by atoms with Crippen LogP contribution in [0.3, 0.4) is 0 Å². The molecular formula is C22H29N3O4. The average molecular weight is 399 g/mol. The van der Waals surface area contributed by atoms with Gasteiger partial charge in [0.15, 0.2) is 12.1 Å². The van der Waals surface area contributed by atoms with Crippen LogP contribution in [0.1, 0.15) is 78.2 Å². The molecule has 0 saturated heterocycles. The summed E-state index contributed by atoms with van der Waals surface area (Å²) in [5.41, 5.74) is 5.02. The summed E-state index contributed by atoms with van der Waals surface area (Å²) in [7, 11) is 2.01. The van der Waals surface area contributed by atoms with Crippen LogP contribution < -0.4 is 10.9 Å². The number of anilines is 1. The van der Waals surface area contributed by atoms with Crippen molar-refractivity contribution in [2.75, 3.05) is 12.4 Å². The van der Waals surface area contributed by atoms with E-state index in [1.165, 1.54) is 29.7 Å². The van der Waals surface area contributed by atoms with E-state index in [4.69, 9.17) is 5.11 Å². The van der Waals surface area contributed by atoms with Gasteiger partial charge in [0.25, 0.3) is 5.56 Å². The summed E-state index contributed by atoms with van der Waals surface area (Å²) in [6.45, 7) is 11.7. The van der Waals surface area contributed by atoms with Gasteiger partial charge in [-0.05, 0) is 53.4 Å². The Balaban J connectivity index is 0.000000221. The van der Waals surface area contributed by atoms with E-state index in [2.05, 4.69) is 57.1 Å². The number of carboxylic acid groups (broad SMARTS) is 1. The van der Waals surface area contributed by atoms with Crippen LogP contribution in [0.25, 0.3) is 0 Å². The van der Waals surface area contributed by atoms with Crippen molar-refractivity contribution in [3.05, 3.63) is 56.8 Å². The Morgan fingerprint density at radius 3 is 2.17 bits per heavy atom. The molecule has 0 radical (unpaired) electrons.